The molecule has 7 heteroatoms. The average molecular weight is 324 g/mol. The highest BCUT2D eigenvalue weighted by Gasteiger charge is 2.26. The van der Waals surface area contributed by atoms with E-state index in [1.165, 1.54) is 12.1 Å². The van der Waals surface area contributed by atoms with Crippen LogP contribution in [-0.2, 0) is 16.8 Å². The zero-order valence-corrected chi connectivity index (χ0v) is 13.1. The lowest BCUT2D eigenvalue weighted by molar-refractivity contribution is -0.105. The first kappa shape index (κ1) is 17.4. The van der Waals surface area contributed by atoms with E-state index >= 15 is 0 Å². The van der Waals surface area contributed by atoms with Gasteiger partial charge in [0, 0.05) is 22.6 Å². The number of aliphatic hydroxyl groups excluding tert-OH is 3. The number of hydrogen-bond donors (Lipinski definition) is 4. The Morgan fingerprint density at radius 2 is 2.04 bits per heavy atom. The number of fused-ring (bicyclic) bond motifs is 1. The quantitative estimate of drug-likeness (QED) is 0.571. The molecule has 0 aliphatic heterocycles. The molecule has 23 heavy (non-hydrogen) atoms. The number of benzene rings is 1. The number of nitrogens with one attached hydrogen (secondary N) is 1. The lowest BCUT2D eigenvalue weighted by Gasteiger charge is -2.25. The smallest absolute Gasteiger partial charge is 0.211 e. The molecule has 0 aliphatic carbocycles. The highest BCUT2D eigenvalue weighted by atomic mass is 19.1. The van der Waals surface area contributed by atoms with Crippen LogP contribution in [0, 0.1) is 5.82 Å². The van der Waals surface area contributed by atoms with Gasteiger partial charge in [-0.05, 0) is 12.1 Å². The van der Waals surface area contributed by atoms with Crippen LogP contribution >= 0.6 is 0 Å². The fourth-order valence-electron chi connectivity index (χ4n) is 2.56. The van der Waals surface area contributed by atoms with Crippen LogP contribution in [0.15, 0.2) is 18.2 Å². The summed E-state index contributed by atoms with van der Waals surface area (Å²) in [6.07, 6.45) is -0.607. The third-order valence-electron chi connectivity index (χ3n) is 3.90. The van der Waals surface area contributed by atoms with Crippen molar-refractivity contribution in [1.82, 2.24) is 4.57 Å². The number of carbonyl (C=O) groups is 1. The summed E-state index contributed by atoms with van der Waals surface area (Å²) >= 11 is 0. The zero-order valence-electron chi connectivity index (χ0n) is 13.1. The van der Waals surface area contributed by atoms with Crippen LogP contribution in [0.25, 0.3) is 10.9 Å². The molecule has 0 bridgehead atoms. The van der Waals surface area contributed by atoms with Crippen molar-refractivity contribution in [2.24, 2.45) is 0 Å². The first-order valence-electron chi connectivity index (χ1n) is 7.27. The normalized spacial score (nSPS) is 13.3. The first-order valence-corrected chi connectivity index (χ1v) is 7.27. The molecule has 1 amide bonds. The van der Waals surface area contributed by atoms with E-state index in [0.717, 1.165) is 0 Å². The van der Waals surface area contributed by atoms with Gasteiger partial charge in [0.05, 0.1) is 37.1 Å². The van der Waals surface area contributed by atoms with Crippen LogP contribution in [0.4, 0.5) is 10.1 Å². The molecular weight excluding hydrogens is 303 g/mol. The van der Waals surface area contributed by atoms with E-state index < -0.39 is 23.9 Å². The monoisotopic (exact) mass is 324 g/mol. The molecule has 126 valence electrons. The van der Waals surface area contributed by atoms with E-state index in [0.29, 0.717) is 23.0 Å². The van der Waals surface area contributed by atoms with E-state index in [2.05, 4.69) is 5.32 Å². The van der Waals surface area contributed by atoms with Crippen LogP contribution < -0.4 is 5.32 Å². The number of anilines is 1. The van der Waals surface area contributed by atoms with Gasteiger partial charge in [0.15, 0.2) is 0 Å². The molecule has 1 aromatic heterocycles. The van der Waals surface area contributed by atoms with E-state index in [9.17, 15) is 19.4 Å². The van der Waals surface area contributed by atoms with Crippen molar-refractivity contribution >= 4 is 23.0 Å². The van der Waals surface area contributed by atoms with Crippen molar-refractivity contribution in [2.75, 3.05) is 18.5 Å². The number of amides is 1. The number of hydrogen-bond acceptors (Lipinski definition) is 4. The summed E-state index contributed by atoms with van der Waals surface area (Å²) in [5, 5.41) is 31.4. The Hall–Kier alpha value is -1.96. The fraction of sp³-hybridized carbons (Fsp3) is 0.438. The molecule has 0 fully saturated rings. The number of aromatic nitrogens is 1. The largest absolute Gasteiger partial charge is 0.395 e. The van der Waals surface area contributed by atoms with Crippen molar-refractivity contribution in [3.8, 4) is 0 Å². The summed E-state index contributed by atoms with van der Waals surface area (Å²) in [5.41, 5.74) is 0.650. The van der Waals surface area contributed by atoms with Gasteiger partial charge >= 0.3 is 0 Å². The molecule has 4 N–H and O–H groups in total. The summed E-state index contributed by atoms with van der Waals surface area (Å²) in [5.74, 6) is -0.601. The van der Waals surface area contributed by atoms with Gasteiger partial charge in [-0.25, -0.2) is 4.39 Å². The Morgan fingerprint density at radius 1 is 1.35 bits per heavy atom. The first-order chi connectivity index (χ1) is 10.8. The molecule has 2 aromatic rings. The van der Waals surface area contributed by atoms with Gasteiger partial charge in [0.1, 0.15) is 5.82 Å². The minimum atomic E-state index is -1.00. The zero-order chi connectivity index (χ0) is 17.2. The number of carbonyl (C=O) groups excluding carboxylic acids is 1. The predicted octanol–water partition coefficient (Wildman–Crippen LogP) is 0.972. The van der Waals surface area contributed by atoms with Crippen LogP contribution in [0.1, 0.15) is 19.5 Å². The molecule has 1 aromatic carbocycles. The molecule has 1 atom stereocenters. The van der Waals surface area contributed by atoms with Gasteiger partial charge < -0.3 is 25.2 Å². The Bertz CT molecular complexity index is 712. The second-order valence-electron chi connectivity index (χ2n) is 6.17. The van der Waals surface area contributed by atoms with E-state index in [4.69, 9.17) is 5.11 Å². The maximum Gasteiger partial charge on any atom is 0.211 e. The average Bonchev–Trinajstić information content (AvgIpc) is 2.86. The maximum absolute atomic E-state index is 14.1. The van der Waals surface area contributed by atoms with Gasteiger partial charge in [-0.1, -0.05) is 13.8 Å². The third-order valence-corrected chi connectivity index (χ3v) is 3.90. The predicted molar refractivity (Wildman–Crippen MR) is 84.8 cm³/mol. The standard InChI is InChI=1S/C16H21FN2O4/c1-16(2,8-21)15-4-10-3-13(18-9-22)12(17)5-14(10)19(15)6-11(23)7-20/h3-5,9,11,20-21,23H,6-8H2,1-2H3,(H,18,22). The van der Waals surface area contributed by atoms with Crippen molar-refractivity contribution in [3.05, 3.63) is 29.7 Å². The molecule has 1 heterocycles. The van der Waals surface area contributed by atoms with Crippen LogP contribution in [0.3, 0.4) is 0 Å². The SMILES string of the molecule is CC(C)(CO)c1cc2cc(NC=O)c(F)cc2n1CC(O)CO. The highest BCUT2D eigenvalue weighted by molar-refractivity contribution is 5.87. The summed E-state index contributed by atoms with van der Waals surface area (Å²) < 4.78 is 15.8. The lowest BCUT2D eigenvalue weighted by atomic mass is 9.90. The molecule has 0 radical (unpaired) electrons. The second-order valence-corrected chi connectivity index (χ2v) is 6.17. The van der Waals surface area contributed by atoms with Crippen LogP contribution in [0.2, 0.25) is 0 Å². The minimum absolute atomic E-state index is 0.0562. The minimum Gasteiger partial charge on any atom is -0.395 e. The molecule has 0 aliphatic rings. The number of halogens is 1. The van der Waals surface area contributed by atoms with E-state index in [1.807, 2.05) is 13.8 Å². The van der Waals surface area contributed by atoms with E-state index in [-0.39, 0.29) is 18.8 Å². The van der Waals surface area contributed by atoms with E-state index in [1.54, 1.807) is 10.6 Å². The van der Waals surface area contributed by atoms with Crippen molar-refractivity contribution in [1.29, 1.82) is 0 Å². The molecular formula is C16H21FN2O4. The van der Waals surface area contributed by atoms with Crippen LogP contribution in [-0.4, -0.2) is 45.6 Å². The van der Waals surface area contributed by atoms with Gasteiger partial charge in [0.25, 0.3) is 0 Å². The summed E-state index contributed by atoms with van der Waals surface area (Å²) in [6.45, 7) is 3.15. The topological polar surface area (TPSA) is 94.7 Å². The summed E-state index contributed by atoms with van der Waals surface area (Å²) in [4.78, 5) is 10.5. The summed E-state index contributed by atoms with van der Waals surface area (Å²) in [6, 6.07) is 4.55. The fourth-order valence-corrected chi connectivity index (χ4v) is 2.56. The number of rotatable bonds is 7. The molecule has 0 spiro atoms. The van der Waals surface area contributed by atoms with Crippen LogP contribution in [0.5, 0.6) is 0 Å². The van der Waals surface area contributed by atoms with Gasteiger partial charge in [-0.3, -0.25) is 4.79 Å². The Morgan fingerprint density at radius 3 is 2.61 bits per heavy atom. The van der Waals surface area contributed by atoms with Gasteiger partial charge in [-0.15, -0.1) is 0 Å². The lowest BCUT2D eigenvalue weighted by Crippen LogP contribution is -2.29. The molecule has 0 saturated heterocycles. The highest BCUT2D eigenvalue weighted by Crippen LogP contribution is 2.32. The maximum atomic E-state index is 14.1. The Labute approximate surface area is 133 Å². The molecule has 2 rings (SSSR count). The molecule has 6 nitrogen and oxygen atoms in total. The Balaban J connectivity index is 2.68. The number of nitrogens with zero attached hydrogens (tertiary/aromatic N) is 1. The van der Waals surface area contributed by atoms with Gasteiger partial charge in [-0.2, -0.15) is 0 Å². The molecule has 1 unspecified atom stereocenters. The molecule has 0 saturated carbocycles. The van der Waals surface area contributed by atoms with Crippen molar-refractivity contribution < 1.29 is 24.5 Å². The second kappa shape index (κ2) is 6.66. The van der Waals surface area contributed by atoms with Gasteiger partial charge in [0.2, 0.25) is 6.41 Å². The third kappa shape index (κ3) is 3.36. The summed E-state index contributed by atoms with van der Waals surface area (Å²) in [7, 11) is 0. The van der Waals surface area contributed by atoms with Crippen molar-refractivity contribution in [3.63, 3.8) is 0 Å². The van der Waals surface area contributed by atoms with Crippen molar-refractivity contribution in [2.45, 2.75) is 31.9 Å². The Kier molecular flexibility index (Phi) is 5.03. The number of aliphatic hydroxyl groups is 3.